The molecule has 2 atom stereocenters. The fourth-order valence-electron chi connectivity index (χ4n) is 3.85. The third-order valence-corrected chi connectivity index (χ3v) is 5.20. The van der Waals surface area contributed by atoms with Gasteiger partial charge in [0.25, 0.3) is 0 Å². The molecule has 1 aromatic rings. The monoisotopic (exact) mass is 402 g/mol. The third-order valence-electron chi connectivity index (χ3n) is 5.20. The quantitative estimate of drug-likeness (QED) is 0.724. The van der Waals surface area contributed by atoms with E-state index in [1.807, 2.05) is 30.3 Å². The highest BCUT2D eigenvalue weighted by Crippen LogP contribution is 2.27. The molecule has 0 aromatic heterocycles. The Bertz CT molecular complexity index is 743. The van der Waals surface area contributed by atoms with Gasteiger partial charge in [0.1, 0.15) is 24.3 Å². The van der Waals surface area contributed by atoms with Crippen LogP contribution in [0.1, 0.15) is 52.0 Å². The van der Waals surface area contributed by atoms with Crippen LogP contribution in [0.15, 0.2) is 30.3 Å². The maximum Gasteiger partial charge on any atom is 0.410 e. The molecule has 0 radical (unpaired) electrons. The number of carbonyl (C=O) groups is 3. The maximum absolute atomic E-state index is 13.2. The number of amides is 2. The maximum atomic E-state index is 13.2. The molecule has 2 amide bonds. The second kappa shape index (κ2) is 8.84. The summed E-state index contributed by atoms with van der Waals surface area (Å²) in [5.74, 6) is -0.575. The molecule has 0 spiro atoms. The zero-order valence-electron chi connectivity index (χ0n) is 17.4. The molecule has 0 unspecified atom stereocenters. The van der Waals surface area contributed by atoms with Crippen molar-refractivity contribution in [3.05, 3.63) is 35.9 Å². The Labute approximate surface area is 171 Å². The summed E-state index contributed by atoms with van der Waals surface area (Å²) < 4.78 is 10.9. The van der Waals surface area contributed by atoms with E-state index in [9.17, 15) is 14.4 Å². The van der Waals surface area contributed by atoms with E-state index in [0.29, 0.717) is 25.9 Å². The van der Waals surface area contributed by atoms with Crippen molar-refractivity contribution in [2.24, 2.45) is 0 Å². The Hall–Kier alpha value is -2.57. The first-order chi connectivity index (χ1) is 13.8. The van der Waals surface area contributed by atoms with Gasteiger partial charge in [-0.3, -0.25) is 9.69 Å². The van der Waals surface area contributed by atoms with Gasteiger partial charge in [-0.25, -0.2) is 9.59 Å². The molecule has 0 N–H and O–H groups in total. The first-order valence-corrected chi connectivity index (χ1v) is 10.3. The second-order valence-corrected chi connectivity index (χ2v) is 8.61. The van der Waals surface area contributed by atoms with Crippen molar-refractivity contribution in [1.29, 1.82) is 0 Å². The van der Waals surface area contributed by atoms with Crippen LogP contribution in [0.5, 0.6) is 0 Å². The van der Waals surface area contributed by atoms with E-state index in [2.05, 4.69) is 0 Å². The first kappa shape index (κ1) is 21.1. The summed E-state index contributed by atoms with van der Waals surface area (Å²) in [7, 11) is 0. The summed E-state index contributed by atoms with van der Waals surface area (Å²) in [5.41, 5.74) is 0.286. The molecule has 0 bridgehead atoms. The van der Waals surface area contributed by atoms with Crippen molar-refractivity contribution >= 4 is 18.0 Å². The van der Waals surface area contributed by atoms with Gasteiger partial charge in [-0.05, 0) is 52.0 Å². The first-order valence-electron chi connectivity index (χ1n) is 10.3. The van der Waals surface area contributed by atoms with Gasteiger partial charge in [-0.1, -0.05) is 30.3 Å². The fourth-order valence-corrected chi connectivity index (χ4v) is 3.85. The van der Waals surface area contributed by atoms with Crippen LogP contribution < -0.4 is 0 Å². The number of hydrogen-bond acceptors (Lipinski definition) is 5. The van der Waals surface area contributed by atoms with Crippen LogP contribution in [0.3, 0.4) is 0 Å². The lowest BCUT2D eigenvalue weighted by molar-refractivity contribution is -0.155. The summed E-state index contributed by atoms with van der Waals surface area (Å²) in [5, 5.41) is 0. The smallest absolute Gasteiger partial charge is 0.410 e. The van der Waals surface area contributed by atoms with Gasteiger partial charge in [0.15, 0.2) is 0 Å². The predicted octanol–water partition coefficient (Wildman–Crippen LogP) is 3.12. The van der Waals surface area contributed by atoms with Crippen LogP contribution in [0.2, 0.25) is 0 Å². The highest BCUT2D eigenvalue weighted by molar-refractivity contribution is 5.90. The summed E-state index contributed by atoms with van der Waals surface area (Å²) >= 11 is 0. The van der Waals surface area contributed by atoms with Gasteiger partial charge in [0, 0.05) is 13.1 Å². The minimum atomic E-state index is -0.620. The van der Waals surface area contributed by atoms with Crippen molar-refractivity contribution in [2.45, 2.75) is 70.7 Å². The molecule has 158 valence electrons. The molecule has 29 heavy (non-hydrogen) atoms. The van der Waals surface area contributed by atoms with Crippen LogP contribution in [0.25, 0.3) is 0 Å². The second-order valence-electron chi connectivity index (χ2n) is 8.61. The molecular formula is C22H30N2O5. The van der Waals surface area contributed by atoms with Gasteiger partial charge in [-0.2, -0.15) is 0 Å². The van der Waals surface area contributed by atoms with E-state index in [-0.39, 0.29) is 18.5 Å². The van der Waals surface area contributed by atoms with E-state index < -0.39 is 23.8 Å². The van der Waals surface area contributed by atoms with E-state index >= 15 is 0 Å². The average Bonchev–Trinajstić information content (AvgIpc) is 3.34. The Balaban J connectivity index is 1.62. The van der Waals surface area contributed by atoms with Crippen LogP contribution in [-0.2, 0) is 25.7 Å². The van der Waals surface area contributed by atoms with Crippen LogP contribution in [0, 0.1) is 0 Å². The number of carbonyl (C=O) groups excluding carboxylic acids is 3. The molecule has 2 heterocycles. The SMILES string of the molecule is CC(C)(C)OC(=O)N1CCC[C@H]1C(=O)N1CCC[C@H]1C(=O)OCc1ccccc1. The standard InChI is InChI=1S/C22H30N2O5/c1-22(2,3)29-21(27)24-14-7-11-17(24)19(25)23-13-8-12-18(23)20(26)28-15-16-9-5-4-6-10-16/h4-6,9-10,17-18H,7-8,11-15H2,1-3H3/t17-,18-/m0/s1. The molecule has 2 fully saturated rings. The molecule has 2 saturated heterocycles. The van der Waals surface area contributed by atoms with Gasteiger partial charge in [0.2, 0.25) is 5.91 Å². The minimum absolute atomic E-state index is 0.186. The predicted molar refractivity (Wildman–Crippen MR) is 107 cm³/mol. The van der Waals surface area contributed by atoms with Gasteiger partial charge in [-0.15, -0.1) is 0 Å². The number of likely N-dealkylation sites (tertiary alicyclic amines) is 2. The number of esters is 1. The summed E-state index contributed by atoms with van der Waals surface area (Å²) in [4.78, 5) is 41.4. The lowest BCUT2D eigenvalue weighted by Crippen LogP contribution is -2.52. The van der Waals surface area contributed by atoms with Crippen LogP contribution >= 0.6 is 0 Å². The third kappa shape index (κ3) is 5.28. The van der Waals surface area contributed by atoms with E-state index in [1.54, 1.807) is 25.7 Å². The fraction of sp³-hybridized carbons (Fsp3) is 0.591. The largest absolute Gasteiger partial charge is 0.459 e. The Morgan fingerprint density at radius 3 is 2.24 bits per heavy atom. The number of hydrogen-bond donors (Lipinski definition) is 0. The number of rotatable bonds is 4. The zero-order chi connectivity index (χ0) is 21.0. The van der Waals surface area contributed by atoms with E-state index in [0.717, 1.165) is 18.4 Å². The molecule has 7 heteroatoms. The van der Waals surface area contributed by atoms with Crippen molar-refractivity contribution < 1.29 is 23.9 Å². The van der Waals surface area contributed by atoms with Crippen molar-refractivity contribution in [2.75, 3.05) is 13.1 Å². The Morgan fingerprint density at radius 1 is 0.966 bits per heavy atom. The zero-order valence-corrected chi connectivity index (χ0v) is 17.4. The number of ether oxygens (including phenoxy) is 2. The topological polar surface area (TPSA) is 76.2 Å². The highest BCUT2D eigenvalue weighted by Gasteiger charge is 2.43. The van der Waals surface area contributed by atoms with E-state index in [1.165, 1.54) is 4.90 Å². The molecule has 7 nitrogen and oxygen atoms in total. The van der Waals surface area contributed by atoms with Gasteiger partial charge >= 0.3 is 12.1 Å². The number of benzene rings is 1. The molecule has 2 aliphatic heterocycles. The van der Waals surface area contributed by atoms with Gasteiger partial charge in [0.05, 0.1) is 0 Å². The minimum Gasteiger partial charge on any atom is -0.459 e. The Kier molecular flexibility index (Phi) is 6.45. The molecule has 2 aliphatic rings. The van der Waals surface area contributed by atoms with E-state index in [4.69, 9.17) is 9.47 Å². The number of nitrogens with zero attached hydrogens (tertiary/aromatic N) is 2. The van der Waals surface area contributed by atoms with Crippen LogP contribution in [-0.4, -0.2) is 58.5 Å². The normalized spacial score (nSPS) is 21.9. The summed E-state index contributed by atoms with van der Waals surface area (Å²) in [6, 6.07) is 8.30. The average molecular weight is 402 g/mol. The highest BCUT2D eigenvalue weighted by atomic mass is 16.6. The van der Waals surface area contributed by atoms with Crippen molar-refractivity contribution in [3.63, 3.8) is 0 Å². The van der Waals surface area contributed by atoms with Crippen LogP contribution in [0.4, 0.5) is 4.79 Å². The van der Waals surface area contributed by atoms with Crippen molar-refractivity contribution in [3.8, 4) is 0 Å². The molecule has 0 saturated carbocycles. The Morgan fingerprint density at radius 2 is 1.59 bits per heavy atom. The molecule has 0 aliphatic carbocycles. The lowest BCUT2D eigenvalue weighted by Gasteiger charge is -2.31. The van der Waals surface area contributed by atoms with Crippen molar-refractivity contribution in [1.82, 2.24) is 9.80 Å². The molecule has 3 rings (SSSR count). The molecule has 1 aromatic carbocycles. The lowest BCUT2D eigenvalue weighted by atomic mass is 10.1. The summed E-state index contributed by atoms with van der Waals surface area (Å²) in [6.45, 7) is 6.58. The van der Waals surface area contributed by atoms with Gasteiger partial charge < -0.3 is 14.4 Å². The molecular weight excluding hydrogens is 372 g/mol. The summed E-state index contributed by atoms with van der Waals surface area (Å²) in [6.07, 6.45) is 2.18.